The Morgan fingerprint density at radius 1 is 1.50 bits per heavy atom. The van der Waals surface area contributed by atoms with E-state index in [-0.39, 0.29) is 23.8 Å². The molecular weight excluding hydrogens is 231 g/mol. The number of halogens is 1. The van der Waals surface area contributed by atoms with Crippen LogP contribution < -0.4 is 5.73 Å². The predicted octanol–water partition coefficient (Wildman–Crippen LogP) is 2.05. The molecule has 1 saturated carbocycles. The van der Waals surface area contributed by atoms with Gasteiger partial charge in [-0.05, 0) is 25.8 Å². The average molecular weight is 250 g/mol. The van der Waals surface area contributed by atoms with Gasteiger partial charge in [0.15, 0.2) is 0 Å². The Morgan fingerprint density at radius 2 is 2.17 bits per heavy atom. The van der Waals surface area contributed by atoms with Crippen LogP contribution in [0.5, 0.6) is 0 Å². The lowest BCUT2D eigenvalue weighted by atomic mass is 10.1. The lowest BCUT2D eigenvalue weighted by molar-refractivity contribution is -0.132. The largest absolute Gasteiger partial charge is 0.335 e. The Labute approximate surface area is 107 Å². The van der Waals surface area contributed by atoms with Crippen molar-refractivity contribution in [3.8, 4) is 0 Å². The monoisotopic (exact) mass is 250 g/mol. The molecule has 2 N–H and O–H groups in total. The van der Waals surface area contributed by atoms with E-state index in [4.69, 9.17) is 5.73 Å². The van der Waals surface area contributed by atoms with Gasteiger partial charge in [0.05, 0.1) is 0 Å². The zero-order chi connectivity index (χ0) is 13.1. The van der Waals surface area contributed by atoms with Crippen molar-refractivity contribution in [1.82, 2.24) is 4.90 Å². The summed E-state index contributed by atoms with van der Waals surface area (Å²) in [7, 11) is 0. The molecule has 3 nitrogen and oxygen atoms in total. The second kappa shape index (κ2) is 5.48. The Hall–Kier alpha value is -1.42. The van der Waals surface area contributed by atoms with Crippen LogP contribution in [-0.4, -0.2) is 22.9 Å². The molecule has 1 aromatic rings. The zero-order valence-electron chi connectivity index (χ0n) is 10.6. The van der Waals surface area contributed by atoms with Crippen molar-refractivity contribution in [3.63, 3.8) is 0 Å². The molecule has 0 aromatic heterocycles. The molecule has 1 aromatic carbocycles. The summed E-state index contributed by atoms with van der Waals surface area (Å²) in [6.45, 7) is 2.16. The standard InChI is InChI=1S/C14H19FN2O/c1-10(16)8-14(18)17(12-6-7-12)9-11-4-2-3-5-13(11)15/h2-5,10,12H,6-9,16H2,1H3. The van der Waals surface area contributed by atoms with Crippen LogP contribution in [0.4, 0.5) is 4.39 Å². The number of rotatable bonds is 5. The van der Waals surface area contributed by atoms with Crippen LogP contribution in [0.25, 0.3) is 0 Å². The van der Waals surface area contributed by atoms with Gasteiger partial charge in [0.25, 0.3) is 0 Å². The van der Waals surface area contributed by atoms with Gasteiger partial charge >= 0.3 is 0 Å². The van der Waals surface area contributed by atoms with E-state index >= 15 is 0 Å². The third kappa shape index (κ3) is 3.29. The first-order chi connectivity index (χ1) is 8.58. The van der Waals surface area contributed by atoms with Gasteiger partial charge in [-0.3, -0.25) is 4.79 Å². The molecule has 0 spiro atoms. The number of hydrogen-bond donors (Lipinski definition) is 1. The van der Waals surface area contributed by atoms with Crippen LogP contribution >= 0.6 is 0 Å². The Bertz CT molecular complexity index is 430. The van der Waals surface area contributed by atoms with E-state index in [9.17, 15) is 9.18 Å². The van der Waals surface area contributed by atoms with Crippen LogP contribution in [-0.2, 0) is 11.3 Å². The molecule has 0 heterocycles. The smallest absolute Gasteiger partial charge is 0.224 e. The van der Waals surface area contributed by atoms with Gasteiger partial charge in [-0.25, -0.2) is 4.39 Å². The Balaban J connectivity index is 2.07. The molecule has 0 aliphatic heterocycles. The van der Waals surface area contributed by atoms with Gasteiger partial charge in [-0.2, -0.15) is 0 Å². The average Bonchev–Trinajstić information content (AvgIpc) is 3.11. The minimum Gasteiger partial charge on any atom is -0.335 e. The Kier molecular flexibility index (Phi) is 3.97. The van der Waals surface area contributed by atoms with E-state index in [0.717, 1.165) is 12.8 Å². The fourth-order valence-corrected chi connectivity index (χ4v) is 2.01. The van der Waals surface area contributed by atoms with Crippen molar-refractivity contribution in [2.75, 3.05) is 0 Å². The zero-order valence-corrected chi connectivity index (χ0v) is 10.6. The van der Waals surface area contributed by atoms with Gasteiger partial charge < -0.3 is 10.6 Å². The maximum atomic E-state index is 13.6. The predicted molar refractivity (Wildman–Crippen MR) is 68.2 cm³/mol. The highest BCUT2D eigenvalue weighted by Gasteiger charge is 2.32. The minimum atomic E-state index is -0.253. The molecule has 1 aliphatic rings. The molecule has 1 fully saturated rings. The number of carbonyl (C=O) groups excluding carboxylic acids is 1. The van der Waals surface area contributed by atoms with E-state index in [1.165, 1.54) is 6.07 Å². The highest BCUT2D eigenvalue weighted by atomic mass is 19.1. The Morgan fingerprint density at radius 3 is 2.72 bits per heavy atom. The first-order valence-corrected chi connectivity index (χ1v) is 6.36. The number of benzene rings is 1. The summed E-state index contributed by atoms with van der Waals surface area (Å²) in [6, 6.07) is 6.72. The van der Waals surface area contributed by atoms with Gasteiger partial charge in [0.1, 0.15) is 5.82 Å². The summed E-state index contributed by atoms with van der Waals surface area (Å²) in [5.74, 6) is -0.229. The van der Waals surface area contributed by atoms with Crippen molar-refractivity contribution in [2.24, 2.45) is 5.73 Å². The molecule has 0 saturated heterocycles. The van der Waals surface area contributed by atoms with Crippen molar-refractivity contribution < 1.29 is 9.18 Å². The van der Waals surface area contributed by atoms with Crippen LogP contribution in [0, 0.1) is 5.82 Å². The molecule has 0 radical (unpaired) electrons. The van der Waals surface area contributed by atoms with Crippen LogP contribution in [0.15, 0.2) is 24.3 Å². The van der Waals surface area contributed by atoms with Crippen LogP contribution in [0.1, 0.15) is 31.7 Å². The highest BCUT2D eigenvalue weighted by molar-refractivity contribution is 5.77. The number of amides is 1. The van der Waals surface area contributed by atoms with Crippen LogP contribution in [0.2, 0.25) is 0 Å². The minimum absolute atomic E-state index is 0.0238. The second-order valence-corrected chi connectivity index (χ2v) is 5.03. The normalized spacial score (nSPS) is 16.4. The topological polar surface area (TPSA) is 46.3 Å². The number of nitrogens with zero attached hydrogens (tertiary/aromatic N) is 1. The molecule has 2 rings (SSSR count). The lowest BCUT2D eigenvalue weighted by Crippen LogP contribution is -2.36. The molecule has 1 aliphatic carbocycles. The van der Waals surface area contributed by atoms with E-state index in [0.29, 0.717) is 18.5 Å². The van der Waals surface area contributed by atoms with Crippen molar-refractivity contribution in [1.29, 1.82) is 0 Å². The molecule has 4 heteroatoms. The number of hydrogen-bond acceptors (Lipinski definition) is 2. The van der Waals surface area contributed by atoms with Gasteiger partial charge in [-0.15, -0.1) is 0 Å². The van der Waals surface area contributed by atoms with Crippen molar-refractivity contribution >= 4 is 5.91 Å². The summed E-state index contributed by atoms with van der Waals surface area (Å²) in [4.78, 5) is 13.8. The molecule has 1 amide bonds. The summed E-state index contributed by atoms with van der Waals surface area (Å²) in [5, 5.41) is 0. The third-order valence-electron chi connectivity index (χ3n) is 3.10. The fourth-order valence-electron chi connectivity index (χ4n) is 2.01. The molecule has 18 heavy (non-hydrogen) atoms. The third-order valence-corrected chi connectivity index (χ3v) is 3.10. The number of nitrogens with two attached hydrogens (primary N) is 1. The van der Waals surface area contributed by atoms with Gasteiger partial charge in [0, 0.05) is 30.6 Å². The maximum absolute atomic E-state index is 13.6. The molecule has 98 valence electrons. The summed E-state index contributed by atoms with van der Waals surface area (Å²) in [6.07, 6.45) is 2.35. The second-order valence-electron chi connectivity index (χ2n) is 5.03. The van der Waals surface area contributed by atoms with Gasteiger partial charge in [-0.1, -0.05) is 18.2 Å². The molecule has 1 unspecified atom stereocenters. The lowest BCUT2D eigenvalue weighted by Gasteiger charge is -2.23. The fraction of sp³-hybridized carbons (Fsp3) is 0.500. The van der Waals surface area contributed by atoms with E-state index in [1.807, 2.05) is 6.92 Å². The van der Waals surface area contributed by atoms with E-state index < -0.39 is 0 Å². The summed E-state index contributed by atoms with van der Waals surface area (Å²) in [5.41, 5.74) is 6.23. The van der Waals surface area contributed by atoms with Crippen molar-refractivity contribution in [3.05, 3.63) is 35.6 Å². The quantitative estimate of drug-likeness (QED) is 0.869. The van der Waals surface area contributed by atoms with E-state index in [2.05, 4.69) is 0 Å². The SMILES string of the molecule is CC(N)CC(=O)N(Cc1ccccc1F)C1CC1. The maximum Gasteiger partial charge on any atom is 0.224 e. The van der Waals surface area contributed by atoms with Crippen molar-refractivity contribution in [2.45, 2.75) is 44.8 Å². The first-order valence-electron chi connectivity index (χ1n) is 6.36. The molecular formula is C14H19FN2O. The summed E-state index contributed by atoms with van der Waals surface area (Å²) >= 11 is 0. The molecule has 0 bridgehead atoms. The highest BCUT2D eigenvalue weighted by Crippen LogP contribution is 2.29. The number of carbonyl (C=O) groups is 1. The molecule has 1 atom stereocenters. The van der Waals surface area contributed by atoms with Gasteiger partial charge in [0.2, 0.25) is 5.91 Å². The summed E-state index contributed by atoms with van der Waals surface area (Å²) < 4.78 is 13.6. The first kappa shape index (κ1) is 13.0. The van der Waals surface area contributed by atoms with E-state index in [1.54, 1.807) is 23.1 Å². The van der Waals surface area contributed by atoms with Crippen LogP contribution in [0.3, 0.4) is 0 Å².